The van der Waals surface area contributed by atoms with Gasteiger partial charge in [-0.2, -0.15) is 4.98 Å². The minimum atomic E-state index is 0.777. The van der Waals surface area contributed by atoms with Crippen molar-refractivity contribution in [1.29, 1.82) is 0 Å². The predicted molar refractivity (Wildman–Crippen MR) is 92.3 cm³/mol. The summed E-state index contributed by atoms with van der Waals surface area (Å²) in [5.74, 6) is 1.13. The molecule has 6 heteroatoms. The molecule has 1 aliphatic heterocycles. The lowest BCUT2D eigenvalue weighted by molar-refractivity contribution is -0.648. The summed E-state index contributed by atoms with van der Waals surface area (Å²) < 4.78 is 6.41. The van der Waals surface area contributed by atoms with Crippen LogP contribution in [0.4, 0.5) is 0 Å². The van der Waals surface area contributed by atoms with Crippen molar-refractivity contribution in [3.63, 3.8) is 0 Å². The summed E-state index contributed by atoms with van der Waals surface area (Å²) in [4.78, 5) is 9.15. The van der Waals surface area contributed by atoms with Crippen LogP contribution in [0.25, 0.3) is 34.0 Å². The number of benzene rings is 1. The highest BCUT2D eigenvalue weighted by Crippen LogP contribution is 2.33. The average molecular weight is 325 g/mol. The Bertz CT molecular complexity index is 1270. The highest BCUT2D eigenvalue weighted by molar-refractivity contribution is 5.78. The Balaban J connectivity index is 1.83. The molecule has 0 aliphatic carbocycles. The summed E-state index contributed by atoms with van der Waals surface area (Å²) in [7, 11) is 0. The molecule has 0 bridgehead atoms. The quantitative estimate of drug-likeness (QED) is 0.436. The van der Waals surface area contributed by atoms with Crippen molar-refractivity contribution < 1.29 is 4.57 Å². The fourth-order valence-electron chi connectivity index (χ4n) is 3.75. The zero-order valence-electron chi connectivity index (χ0n) is 13.2. The molecular weight excluding hydrogens is 312 g/mol. The highest BCUT2D eigenvalue weighted by Gasteiger charge is 2.36. The molecule has 6 nitrogen and oxygen atoms in total. The zero-order chi connectivity index (χ0) is 16.4. The molecule has 0 saturated heterocycles. The third-order valence-corrected chi connectivity index (χ3v) is 4.77. The van der Waals surface area contributed by atoms with Gasteiger partial charge in [0, 0.05) is 24.0 Å². The second-order valence-electron chi connectivity index (χ2n) is 6.17. The van der Waals surface area contributed by atoms with Crippen molar-refractivity contribution >= 4 is 16.9 Å². The number of hydrogen-bond acceptors (Lipinski definition) is 3. The van der Waals surface area contributed by atoms with E-state index in [1.165, 1.54) is 11.1 Å². The Labute approximate surface area is 142 Å². The number of fused-ring (bicyclic) bond motifs is 7. The SMILES string of the molecule is c1ccc(-n2c3[n+](c4c2nc2cccnn24)Cc2cnccc2-3)cc1. The van der Waals surface area contributed by atoms with Crippen molar-refractivity contribution in [3.8, 4) is 17.1 Å². The maximum Gasteiger partial charge on any atom is 0.315 e. The van der Waals surface area contributed by atoms with Gasteiger partial charge in [-0.15, -0.1) is 9.61 Å². The van der Waals surface area contributed by atoms with Gasteiger partial charge in [0.2, 0.25) is 11.5 Å². The normalized spacial score (nSPS) is 12.6. The molecule has 5 heterocycles. The molecule has 0 amide bonds. The molecule has 0 radical (unpaired) electrons. The van der Waals surface area contributed by atoms with Crippen LogP contribution >= 0.6 is 0 Å². The van der Waals surface area contributed by atoms with E-state index in [1.54, 1.807) is 6.20 Å². The number of rotatable bonds is 1. The number of pyridine rings is 1. The lowest BCUT2D eigenvalue weighted by Gasteiger charge is -2.02. The fraction of sp³-hybridized carbons (Fsp3) is 0.0526. The fourth-order valence-corrected chi connectivity index (χ4v) is 3.75. The third kappa shape index (κ3) is 1.58. The largest absolute Gasteiger partial charge is 0.315 e. The Morgan fingerprint density at radius 1 is 0.960 bits per heavy atom. The molecule has 1 aromatic carbocycles. The van der Waals surface area contributed by atoms with E-state index in [0.29, 0.717) is 0 Å². The maximum atomic E-state index is 4.85. The smallest absolute Gasteiger partial charge is 0.264 e. The van der Waals surface area contributed by atoms with E-state index < -0.39 is 0 Å². The van der Waals surface area contributed by atoms with E-state index in [-0.39, 0.29) is 0 Å². The molecule has 0 saturated carbocycles. The van der Waals surface area contributed by atoms with Crippen molar-refractivity contribution in [2.45, 2.75) is 6.54 Å². The highest BCUT2D eigenvalue weighted by atomic mass is 15.4. The molecule has 4 aromatic heterocycles. The lowest BCUT2D eigenvalue weighted by Crippen LogP contribution is -2.32. The summed E-state index contributed by atoms with van der Waals surface area (Å²) in [6, 6.07) is 16.3. The van der Waals surface area contributed by atoms with Crippen molar-refractivity contribution in [3.05, 3.63) is 72.7 Å². The Kier molecular flexibility index (Phi) is 2.31. The monoisotopic (exact) mass is 325 g/mol. The maximum absolute atomic E-state index is 4.85. The van der Waals surface area contributed by atoms with Crippen LogP contribution in [0.15, 0.2) is 67.1 Å². The Morgan fingerprint density at radius 2 is 1.88 bits per heavy atom. The van der Waals surface area contributed by atoms with Gasteiger partial charge < -0.3 is 0 Å². The van der Waals surface area contributed by atoms with Gasteiger partial charge in [-0.05, 0) is 24.3 Å². The van der Waals surface area contributed by atoms with E-state index in [2.05, 4.69) is 49.5 Å². The zero-order valence-corrected chi connectivity index (χ0v) is 13.2. The van der Waals surface area contributed by atoms with Gasteiger partial charge in [0.05, 0.1) is 18.3 Å². The molecule has 0 unspecified atom stereocenters. The molecule has 5 aromatic rings. The van der Waals surface area contributed by atoms with Crippen LogP contribution in [0.2, 0.25) is 0 Å². The standard InChI is InChI=1S/C19H13N6/c1-2-5-14(6-3-1)24-17-19(25-16(22-17)7-4-9-21-25)23-12-13-11-20-10-8-15(13)18(23)24/h1-11H,12H2/q+1. The summed E-state index contributed by atoms with van der Waals surface area (Å²) >= 11 is 0. The predicted octanol–water partition coefficient (Wildman–Crippen LogP) is 2.38. The number of aromatic nitrogens is 6. The number of nitrogens with zero attached hydrogens (tertiary/aromatic N) is 6. The average Bonchev–Trinajstić information content (AvgIpc) is 3.29. The molecular formula is C19H13N6+. The summed E-state index contributed by atoms with van der Waals surface area (Å²) in [5, 5.41) is 4.52. The van der Waals surface area contributed by atoms with Gasteiger partial charge >= 0.3 is 5.65 Å². The van der Waals surface area contributed by atoms with E-state index in [0.717, 1.165) is 35.0 Å². The van der Waals surface area contributed by atoms with E-state index >= 15 is 0 Å². The van der Waals surface area contributed by atoms with Crippen LogP contribution < -0.4 is 4.57 Å². The van der Waals surface area contributed by atoms with Crippen LogP contribution in [0.1, 0.15) is 5.56 Å². The van der Waals surface area contributed by atoms with Gasteiger partial charge in [0.1, 0.15) is 5.69 Å². The van der Waals surface area contributed by atoms with Crippen LogP contribution in [0, 0.1) is 0 Å². The molecule has 0 fully saturated rings. The number of imidazole rings is 2. The molecule has 118 valence electrons. The minimum absolute atomic E-state index is 0.777. The number of hydrogen-bond donors (Lipinski definition) is 0. The van der Waals surface area contributed by atoms with Crippen molar-refractivity contribution in [2.75, 3.05) is 0 Å². The van der Waals surface area contributed by atoms with E-state index in [1.807, 2.05) is 35.1 Å². The van der Waals surface area contributed by atoms with Gasteiger partial charge in [-0.3, -0.25) is 4.98 Å². The molecule has 25 heavy (non-hydrogen) atoms. The summed E-state index contributed by atoms with van der Waals surface area (Å²) in [6.07, 6.45) is 5.59. The van der Waals surface area contributed by atoms with Crippen LogP contribution in [-0.4, -0.2) is 24.1 Å². The second kappa shape index (κ2) is 4.51. The first-order chi connectivity index (χ1) is 12.4. The van der Waals surface area contributed by atoms with Crippen molar-refractivity contribution in [2.24, 2.45) is 0 Å². The van der Waals surface area contributed by atoms with Crippen LogP contribution in [0.3, 0.4) is 0 Å². The van der Waals surface area contributed by atoms with Gasteiger partial charge in [0.15, 0.2) is 0 Å². The molecule has 0 atom stereocenters. The summed E-state index contributed by atoms with van der Waals surface area (Å²) in [6.45, 7) is 0.777. The summed E-state index contributed by atoms with van der Waals surface area (Å²) in [5.41, 5.74) is 6.28. The molecule has 0 N–H and O–H groups in total. The topological polar surface area (TPSA) is 51.9 Å². The van der Waals surface area contributed by atoms with Gasteiger partial charge in [-0.1, -0.05) is 18.2 Å². The minimum Gasteiger partial charge on any atom is -0.264 e. The third-order valence-electron chi connectivity index (χ3n) is 4.77. The molecule has 6 rings (SSSR count). The van der Waals surface area contributed by atoms with Crippen molar-refractivity contribution in [1.82, 2.24) is 24.1 Å². The van der Waals surface area contributed by atoms with Gasteiger partial charge in [0.25, 0.3) is 5.65 Å². The first-order valence-corrected chi connectivity index (χ1v) is 8.18. The van der Waals surface area contributed by atoms with Crippen LogP contribution in [-0.2, 0) is 6.54 Å². The Morgan fingerprint density at radius 3 is 2.80 bits per heavy atom. The molecule has 1 aliphatic rings. The number of para-hydroxylation sites is 1. The first-order valence-electron chi connectivity index (χ1n) is 8.18. The van der Waals surface area contributed by atoms with E-state index in [9.17, 15) is 0 Å². The Hall–Kier alpha value is -3.54. The van der Waals surface area contributed by atoms with Gasteiger partial charge in [-0.25, -0.2) is 9.13 Å². The van der Waals surface area contributed by atoms with Crippen LogP contribution in [0.5, 0.6) is 0 Å². The lowest BCUT2D eigenvalue weighted by atomic mass is 10.1. The van der Waals surface area contributed by atoms with E-state index in [4.69, 9.17) is 4.98 Å². The molecule has 0 spiro atoms. The second-order valence-corrected chi connectivity index (χ2v) is 6.17. The first kappa shape index (κ1) is 12.8.